The van der Waals surface area contributed by atoms with Gasteiger partial charge in [0.15, 0.2) is 6.79 Å². The average molecular weight is 349 g/mol. The smallest absolute Gasteiger partial charge is 0.270 e. The Hall–Kier alpha value is -2.15. The van der Waals surface area contributed by atoms with Crippen LogP contribution in [-0.4, -0.2) is 11.7 Å². The number of rotatable bonds is 5. The van der Waals surface area contributed by atoms with Gasteiger partial charge in [0.1, 0.15) is 5.75 Å². The van der Waals surface area contributed by atoms with E-state index in [-0.39, 0.29) is 18.5 Å². The number of halogens is 1. The molecule has 0 aromatic heterocycles. The van der Waals surface area contributed by atoms with Crippen molar-refractivity contribution in [2.45, 2.75) is 26.1 Å². The Morgan fingerprint density at radius 1 is 1.38 bits per heavy atom. The fourth-order valence-corrected chi connectivity index (χ4v) is 2.87. The van der Waals surface area contributed by atoms with Crippen LogP contribution in [0.3, 0.4) is 0 Å². The van der Waals surface area contributed by atoms with E-state index in [0.717, 1.165) is 11.1 Å². The molecule has 6 nitrogen and oxygen atoms in total. The molecule has 0 saturated carbocycles. The van der Waals surface area contributed by atoms with Gasteiger partial charge >= 0.3 is 0 Å². The second-order valence-electron chi connectivity index (χ2n) is 5.62. The van der Waals surface area contributed by atoms with E-state index < -0.39 is 4.92 Å². The van der Waals surface area contributed by atoms with Crippen molar-refractivity contribution >= 4 is 17.3 Å². The Morgan fingerprint density at radius 2 is 2.21 bits per heavy atom. The van der Waals surface area contributed by atoms with Crippen LogP contribution in [0.5, 0.6) is 5.75 Å². The minimum Gasteiger partial charge on any atom is -0.467 e. The van der Waals surface area contributed by atoms with Crippen LogP contribution in [0.4, 0.5) is 5.69 Å². The molecule has 0 unspecified atom stereocenters. The minimum absolute atomic E-state index is 0.0371. The van der Waals surface area contributed by atoms with E-state index in [4.69, 9.17) is 21.1 Å². The highest BCUT2D eigenvalue weighted by molar-refractivity contribution is 6.30. The van der Waals surface area contributed by atoms with Crippen LogP contribution >= 0.6 is 11.6 Å². The van der Waals surface area contributed by atoms with Crippen molar-refractivity contribution in [2.75, 3.05) is 6.79 Å². The fraction of sp³-hybridized carbons (Fsp3) is 0.294. The Balaban J connectivity index is 1.81. The molecule has 1 heterocycles. The lowest BCUT2D eigenvalue weighted by atomic mass is 10.1. The van der Waals surface area contributed by atoms with Crippen LogP contribution in [-0.2, 0) is 17.9 Å². The molecule has 24 heavy (non-hydrogen) atoms. The number of nitro benzene ring substituents is 1. The lowest BCUT2D eigenvalue weighted by Gasteiger charge is -2.22. The Morgan fingerprint density at radius 3 is 2.96 bits per heavy atom. The van der Waals surface area contributed by atoms with Gasteiger partial charge in [-0.1, -0.05) is 23.7 Å². The first-order valence-corrected chi connectivity index (χ1v) is 7.92. The summed E-state index contributed by atoms with van der Waals surface area (Å²) in [6.45, 7) is 2.92. The highest BCUT2D eigenvalue weighted by Crippen LogP contribution is 2.33. The third-order valence-electron chi connectivity index (χ3n) is 3.93. The Labute approximate surface area is 144 Å². The number of benzene rings is 2. The molecule has 126 valence electrons. The largest absolute Gasteiger partial charge is 0.467 e. The molecule has 0 bridgehead atoms. The molecule has 7 heteroatoms. The zero-order chi connectivity index (χ0) is 17.1. The summed E-state index contributed by atoms with van der Waals surface area (Å²) >= 11 is 6.02. The van der Waals surface area contributed by atoms with Crippen LogP contribution in [0.2, 0.25) is 5.02 Å². The van der Waals surface area contributed by atoms with Crippen molar-refractivity contribution in [3.63, 3.8) is 0 Å². The maximum absolute atomic E-state index is 11.1. The van der Waals surface area contributed by atoms with Crippen molar-refractivity contribution in [3.05, 3.63) is 68.2 Å². The summed E-state index contributed by atoms with van der Waals surface area (Å²) < 4.78 is 10.8. The van der Waals surface area contributed by atoms with Gasteiger partial charge in [0.2, 0.25) is 0 Å². The monoisotopic (exact) mass is 348 g/mol. The third kappa shape index (κ3) is 3.67. The number of hydrogen-bond acceptors (Lipinski definition) is 5. The van der Waals surface area contributed by atoms with Gasteiger partial charge in [-0.3, -0.25) is 10.1 Å². The van der Waals surface area contributed by atoms with Crippen LogP contribution in [0.25, 0.3) is 0 Å². The number of nitrogens with one attached hydrogen (secondary N) is 1. The van der Waals surface area contributed by atoms with Gasteiger partial charge < -0.3 is 14.8 Å². The second kappa shape index (κ2) is 7.17. The standard InChI is InChI=1S/C17H17ClN2O4/c1-11(12-3-2-4-15(18)5-12)19-8-13-6-16(20(21)22)7-14-9-23-10-24-17(13)14/h2-7,11,19H,8-10H2,1H3/t11-/m1/s1. The summed E-state index contributed by atoms with van der Waals surface area (Å²) in [5.41, 5.74) is 2.53. The number of ether oxygens (including phenoxy) is 2. The van der Waals surface area contributed by atoms with Crippen LogP contribution in [0.15, 0.2) is 36.4 Å². The van der Waals surface area contributed by atoms with Gasteiger partial charge in [0.25, 0.3) is 5.69 Å². The molecule has 0 saturated heterocycles. The maximum Gasteiger partial charge on any atom is 0.270 e. The minimum atomic E-state index is -0.404. The molecule has 1 N–H and O–H groups in total. The molecule has 0 aliphatic carbocycles. The number of nitrogens with zero attached hydrogens (tertiary/aromatic N) is 1. The van der Waals surface area contributed by atoms with Gasteiger partial charge in [0.05, 0.1) is 11.5 Å². The van der Waals surface area contributed by atoms with E-state index in [1.54, 1.807) is 6.07 Å². The van der Waals surface area contributed by atoms with E-state index in [1.807, 2.05) is 31.2 Å². The SMILES string of the molecule is C[C@@H](NCc1cc([N+](=O)[O-])cc2c1OCOC2)c1cccc(Cl)c1. The van der Waals surface area contributed by atoms with Gasteiger partial charge in [-0.15, -0.1) is 0 Å². The average Bonchev–Trinajstić information content (AvgIpc) is 2.59. The van der Waals surface area contributed by atoms with E-state index in [1.165, 1.54) is 6.07 Å². The summed E-state index contributed by atoms with van der Waals surface area (Å²) in [4.78, 5) is 10.7. The van der Waals surface area contributed by atoms with Crippen LogP contribution in [0.1, 0.15) is 29.7 Å². The molecule has 0 spiro atoms. The Bertz CT molecular complexity index is 766. The molecular formula is C17H17ClN2O4. The summed E-state index contributed by atoms with van der Waals surface area (Å²) in [6, 6.07) is 10.7. The van der Waals surface area contributed by atoms with E-state index in [9.17, 15) is 10.1 Å². The highest BCUT2D eigenvalue weighted by atomic mass is 35.5. The normalized spacial score (nSPS) is 14.6. The zero-order valence-corrected chi connectivity index (χ0v) is 13.9. The summed E-state index contributed by atoms with van der Waals surface area (Å²) in [6.07, 6.45) is 0. The van der Waals surface area contributed by atoms with Gasteiger partial charge in [-0.2, -0.15) is 0 Å². The number of fused-ring (bicyclic) bond motifs is 1. The molecule has 0 fully saturated rings. The molecule has 0 radical (unpaired) electrons. The van der Waals surface area contributed by atoms with Crippen molar-refractivity contribution in [2.24, 2.45) is 0 Å². The molecule has 1 atom stereocenters. The van der Waals surface area contributed by atoms with E-state index >= 15 is 0 Å². The predicted octanol–water partition coefficient (Wildman–Crippen LogP) is 3.97. The quantitative estimate of drug-likeness (QED) is 0.653. The zero-order valence-electron chi connectivity index (χ0n) is 13.1. The first-order valence-electron chi connectivity index (χ1n) is 7.54. The van der Waals surface area contributed by atoms with Crippen molar-refractivity contribution in [1.82, 2.24) is 5.32 Å². The first kappa shape index (κ1) is 16.7. The summed E-state index contributed by atoms with van der Waals surface area (Å²) in [5.74, 6) is 0.664. The highest BCUT2D eigenvalue weighted by Gasteiger charge is 2.21. The summed E-state index contributed by atoms with van der Waals surface area (Å²) in [5, 5.41) is 15.2. The lowest BCUT2D eigenvalue weighted by Crippen LogP contribution is -2.20. The second-order valence-corrected chi connectivity index (χ2v) is 6.05. The predicted molar refractivity (Wildman–Crippen MR) is 90.1 cm³/mol. The molecule has 2 aromatic carbocycles. The number of hydrogen-bond donors (Lipinski definition) is 1. The topological polar surface area (TPSA) is 73.6 Å². The van der Waals surface area contributed by atoms with E-state index in [2.05, 4.69) is 5.32 Å². The Kier molecular flexibility index (Phi) is 4.99. The fourth-order valence-electron chi connectivity index (χ4n) is 2.67. The number of nitro groups is 1. The molecular weight excluding hydrogens is 332 g/mol. The molecule has 2 aromatic rings. The van der Waals surface area contributed by atoms with Crippen LogP contribution < -0.4 is 10.1 Å². The van der Waals surface area contributed by atoms with Crippen molar-refractivity contribution in [3.8, 4) is 5.75 Å². The third-order valence-corrected chi connectivity index (χ3v) is 4.16. The van der Waals surface area contributed by atoms with E-state index in [0.29, 0.717) is 29.5 Å². The van der Waals surface area contributed by atoms with Crippen molar-refractivity contribution < 1.29 is 14.4 Å². The molecule has 1 aliphatic heterocycles. The van der Waals surface area contributed by atoms with Gasteiger partial charge in [-0.25, -0.2) is 0 Å². The molecule has 0 amide bonds. The van der Waals surface area contributed by atoms with Gasteiger partial charge in [0, 0.05) is 40.9 Å². The van der Waals surface area contributed by atoms with Crippen LogP contribution in [0, 0.1) is 10.1 Å². The summed E-state index contributed by atoms with van der Waals surface area (Å²) in [7, 11) is 0. The maximum atomic E-state index is 11.1. The first-order chi connectivity index (χ1) is 11.5. The van der Waals surface area contributed by atoms with Crippen molar-refractivity contribution in [1.29, 1.82) is 0 Å². The number of non-ortho nitro benzene ring substituents is 1. The molecule has 3 rings (SSSR count). The van der Waals surface area contributed by atoms with Gasteiger partial charge in [-0.05, 0) is 24.6 Å². The molecule has 1 aliphatic rings. The lowest BCUT2D eigenvalue weighted by molar-refractivity contribution is -0.385.